The Balaban J connectivity index is 2.14. The molecule has 0 aliphatic carbocycles. The molecule has 2 heterocycles. The molecule has 4 heteroatoms. The Morgan fingerprint density at radius 1 is 1.32 bits per heavy atom. The topological polar surface area (TPSA) is 42.1 Å². The molecule has 0 spiro atoms. The van der Waals surface area contributed by atoms with E-state index < -0.39 is 0 Å². The molecule has 3 nitrogen and oxygen atoms in total. The van der Waals surface area contributed by atoms with E-state index in [4.69, 9.17) is 5.73 Å². The highest BCUT2D eigenvalue weighted by Crippen LogP contribution is 2.20. The largest absolute Gasteiger partial charge is 0.349 e. The van der Waals surface area contributed by atoms with Crippen LogP contribution in [0.4, 0.5) is 5.82 Å². The highest BCUT2D eigenvalue weighted by molar-refractivity contribution is 7.09. The monoisotopic (exact) mass is 275 g/mol. The average Bonchev–Trinajstić information content (AvgIpc) is 2.90. The van der Waals surface area contributed by atoms with E-state index in [2.05, 4.69) is 53.4 Å². The van der Waals surface area contributed by atoms with Crippen molar-refractivity contribution in [3.63, 3.8) is 0 Å². The van der Waals surface area contributed by atoms with Gasteiger partial charge in [-0.05, 0) is 49.9 Å². The predicted molar refractivity (Wildman–Crippen MR) is 82.6 cm³/mol. The first-order valence-corrected chi connectivity index (χ1v) is 7.52. The van der Waals surface area contributed by atoms with E-state index in [0.29, 0.717) is 12.6 Å². The SMILES string of the molecule is CC(C)N(Cc1cccs1)c1ccc(CCN)cn1. The van der Waals surface area contributed by atoms with Crippen LogP contribution in [0.5, 0.6) is 0 Å². The molecule has 0 radical (unpaired) electrons. The minimum Gasteiger partial charge on any atom is -0.349 e. The van der Waals surface area contributed by atoms with Crippen molar-refractivity contribution in [2.45, 2.75) is 32.9 Å². The van der Waals surface area contributed by atoms with Gasteiger partial charge in [0.1, 0.15) is 5.82 Å². The van der Waals surface area contributed by atoms with Crippen LogP contribution in [-0.4, -0.2) is 17.6 Å². The highest BCUT2D eigenvalue weighted by Gasteiger charge is 2.12. The fraction of sp³-hybridized carbons (Fsp3) is 0.400. The fourth-order valence-corrected chi connectivity index (χ4v) is 2.70. The summed E-state index contributed by atoms with van der Waals surface area (Å²) >= 11 is 1.79. The van der Waals surface area contributed by atoms with Gasteiger partial charge in [0, 0.05) is 17.1 Å². The number of hydrogen-bond acceptors (Lipinski definition) is 4. The number of aromatic nitrogens is 1. The Morgan fingerprint density at radius 3 is 2.68 bits per heavy atom. The molecule has 2 aromatic heterocycles. The van der Waals surface area contributed by atoms with Gasteiger partial charge in [-0.25, -0.2) is 4.98 Å². The Hall–Kier alpha value is -1.39. The van der Waals surface area contributed by atoms with Crippen LogP contribution < -0.4 is 10.6 Å². The van der Waals surface area contributed by atoms with Gasteiger partial charge in [0.2, 0.25) is 0 Å². The number of thiophene rings is 1. The van der Waals surface area contributed by atoms with Crippen molar-refractivity contribution in [3.8, 4) is 0 Å². The molecule has 2 rings (SSSR count). The fourth-order valence-electron chi connectivity index (χ4n) is 2.00. The third-order valence-electron chi connectivity index (χ3n) is 3.07. The van der Waals surface area contributed by atoms with Gasteiger partial charge >= 0.3 is 0 Å². The number of hydrogen-bond donors (Lipinski definition) is 1. The van der Waals surface area contributed by atoms with Crippen molar-refractivity contribution in [2.24, 2.45) is 5.73 Å². The molecule has 102 valence electrons. The summed E-state index contributed by atoms with van der Waals surface area (Å²) in [5.41, 5.74) is 6.76. The summed E-state index contributed by atoms with van der Waals surface area (Å²) in [6.45, 7) is 5.98. The molecule has 0 aromatic carbocycles. The second-order valence-electron chi connectivity index (χ2n) is 4.86. The van der Waals surface area contributed by atoms with E-state index in [1.165, 1.54) is 10.4 Å². The molecule has 2 aromatic rings. The molecule has 0 aliphatic heterocycles. The van der Waals surface area contributed by atoms with Crippen molar-refractivity contribution in [1.29, 1.82) is 0 Å². The molecule has 0 aliphatic rings. The molecule has 0 fully saturated rings. The van der Waals surface area contributed by atoms with Crippen molar-refractivity contribution < 1.29 is 0 Å². The maximum atomic E-state index is 5.56. The molecule has 0 atom stereocenters. The maximum absolute atomic E-state index is 5.56. The van der Waals surface area contributed by atoms with Crippen molar-refractivity contribution >= 4 is 17.2 Å². The molecule has 0 unspecified atom stereocenters. The average molecular weight is 275 g/mol. The molecule has 0 saturated heterocycles. The first kappa shape index (κ1) is 14.0. The summed E-state index contributed by atoms with van der Waals surface area (Å²) in [4.78, 5) is 8.25. The van der Waals surface area contributed by atoms with Crippen LogP contribution in [0.15, 0.2) is 35.8 Å². The smallest absolute Gasteiger partial charge is 0.129 e. The van der Waals surface area contributed by atoms with E-state index in [0.717, 1.165) is 18.8 Å². The molecule has 0 bridgehead atoms. The van der Waals surface area contributed by atoms with Crippen LogP contribution in [0.1, 0.15) is 24.3 Å². The van der Waals surface area contributed by atoms with Gasteiger partial charge in [0.15, 0.2) is 0 Å². The van der Waals surface area contributed by atoms with Crippen LogP contribution in [0, 0.1) is 0 Å². The Bertz CT molecular complexity index is 477. The van der Waals surface area contributed by atoms with E-state index in [9.17, 15) is 0 Å². The van der Waals surface area contributed by atoms with E-state index in [1.807, 2.05) is 6.20 Å². The molecular weight excluding hydrogens is 254 g/mol. The van der Waals surface area contributed by atoms with Crippen LogP contribution in [0.25, 0.3) is 0 Å². The third-order valence-corrected chi connectivity index (χ3v) is 3.93. The second kappa shape index (κ2) is 6.68. The zero-order valence-corrected chi connectivity index (χ0v) is 12.4. The van der Waals surface area contributed by atoms with Crippen molar-refractivity contribution in [2.75, 3.05) is 11.4 Å². The summed E-state index contributed by atoms with van der Waals surface area (Å²) in [5.74, 6) is 1.03. The summed E-state index contributed by atoms with van der Waals surface area (Å²) in [7, 11) is 0. The van der Waals surface area contributed by atoms with Gasteiger partial charge in [-0.3, -0.25) is 0 Å². The van der Waals surface area contributed by atoms with Crippen LogP contribution in [0.3, 0.4) is 0 Å². The molecule has 0 saturated carbocycles. The lowest BCUT2D eigenvalue weighted by Crippen LogP contribution is -2.30. The maximum Gasteiger partial charge on any atom is 0.129 e. The predicted octanol–water partition coefficient (Wildman–Crippen LogP) is 3.06. The summed E-state index contributed by atoms with van der Waals surface area (Å²) < 4.78 is 0. The van der Waals surface area contributed by atoms with Gasteiger partial charge in [-0.2, -0.15) is 0 Å². The number of anilines is 1. The first-order chi connectivity index (χ1) is 9.20. The number of pyridine rings is 1. The summed E-state index contributed by atoms with van der Waals surface area (Å²) in [6.07, 6.45) is 2.83. The normalized spacial score (nSPS) is 10.9. The summed E-state index contributed by atoms with van der Waals surface area (Å²) in [6, 6.07) is 8.91. The standard InChI is InChI=1S/C15H21N3S/c1-12(2)18(11-14-4-3-9-19-14)15-6-5-13(7-8-16)10-17-15/h3-6,9-10,12H,7-8,11,16H2,1-2H3. The Labute approximate surface area is 119 Å². The quantitative estimate of drug-likeness (QED) is 0.881. The van der Waals surface area contributed by atoms with Crippen molar-refractivity contribution in [1.82, 2.24) is 4.98 Å². The number of rotatable bonds is 6. The Kier molecular flexibility index (Phi) is 4.93. The molecular formula is C15H21N3S. The van der Waals surface area contributed by atoms with Crippen LogP contribution in [-0.2, 0) is 13.0 Å². The second-order valence-corrected chi connectivity index (χ2v) is 5.90. The zero-order chi connectivity index (χ0) is 13.7. The van der Waals surface area contributed by atoms with Crippen molar-refractivity contribution in [3.05, 3.63) is 46.3 Å². The van der Waals surface area contributed by atoms with E-state index in [-0.39, 0.29) is 0 Å². The van der Waals surface area contributed by atoms with Crippen LogP contribution in [0.2, 0.25) is 0 Å². The van der Waals surface area contributed by atoms with Gasteiger partial charge in [-0.1, -0.05) is 12.1 Å². The number of nitrogens with zero attached hydrogens (tertiary/aromatic N) is 2. The lowest BCUT2D eigenvalue weighted by molar-refractivity contribution is 0.676. The highest BCUT2D eigenvalue weighted by atomic mass is 32.1. The van der Waals surface area contributed by atoms with Gasteiger partial charge in [0.25, 0.3) is 0 Å². The third kappa shape index (κ3) is 3.78. The zero-order valence-electron chi connectivity index (χ0n) is 11.5. The minimum atomic E-state index is 0.426. The summed E-state index contributed by atoms with van der Waals surface area (Å²) in [5, 5.41) is 2.12. The van der Waals surface area contributed by atoms with Gasteiger partial charge < -0.3 is 10.6 Å². The lowest BCUT2D eigenvalue weighted by atomic mass is 10.2. The van der Waals surface area contributed by atoms with E-state index in [1.54, 1.807) is 11.3 Å². The molecule has 0 amide bonds. The molecule has 19 heavy (non-hydrogen) atoms. The van der Waals surface area contributed by atoms with Crippen LogP contribution >= 0.6 is 11.3 Å². The van der Waals surface area contributed by atoms with E-state index >= 15 is 0 Å². The first-order valence-electron chi connectivity index (χ1n) is 6.64. The molecule has 2 N–H and O–H groups in total. The van der Waals surface area contributed by atoms with Gasteiger partial charge in [0.05, 0.1) is 6.54 Å². The lowest BCUT2D eigenvalue weighted by Gasteiger charge is -2.27. The van der Waals surface area contributed by atoms with Gasteiger partial charge in [-0.15, -0.1) is 11.3 Å². The minimum absolute atomic E-state index is 0.426. The number of nitrogens with two attached hydrogens (primary N) is 1. The Morgan fingerprint density at radius 2 is 2.16 bits per heavy atom.